The van der Waals surface area contributed by atoms with Crippen LogP contribution in [-0.2, 0) is 10.0 Å². The molecule has 0 saturated heterocycles. The number of sulfonamides is 1. The van der Waals surface area contributed by atoms with Gasteiger partial charge >= 0.3 is 0 Å². The molecule has 0 amide bonds. The number of nitrogens with two attached hydrogens (primary N) is 1. The fourth-order valence-electron chi connectivity index (χ4n) is 2.04. The Hall–Kier alpha value is -1.51. The molecule has 1 aromatic carbocycles. The van der Waals surface area contributed by atoms with E-state index in [1.165, 1.54) is 4.31 Å². The minimum absolute atomic E-state index is 0.114. The molecule has 0 aliphatic heterocycles. The highest BCUT2D eigenvalue weighted by Crippen LogP contribution is 2.32. The van der Waals surface area contributed by atoms with Gasteiger partial charge in [0.1, 0.15) is 0 Å². The molecule has 2 rings (SSSR count). The molecule has 4 nitrogen and oxygen atoms in total. The highest BCUT2D eigenvalue weighted by atomic mass is 32.2. The molecule has 1 saturated carbocycles. The van der Waals surface area contributed by atoms with Gasteiger partial charge in [-0.15, -0.1) is 6.42 Å². The zero-order valence-corrected chi connectivity index (χ0v) is 11.8. The largest absolute Gasteiger partial charge is 0.399 e. The van der Waals surface area contributed by atoms with Gasteiger partial charge in [-0.2, -0.15) is 4.31 Å². The van der Waals surface area contributed by atoms with E-state index in [9.17, 15) is 8.42 Å². The number of anilines is 1. The molecule has 0 atom stereocenters. The van der Waals surface area contributed by atoms with Crippen molar-refractivity contribution < 1.29 is 8.42 Å². The lowest BCUT2D eigenvalue weighted by atomic mass is 10.2. The van der Waals surface area contributed by atoms with E-state index in [0.717, 1.165) is 12.8 Å². The maximum absolute atomic E-state index is 12.6. The van der Waals surface area contributed by atoms with E-state index in [4.69, 9.17) is 12.2 Å². The Balaban J connectivity index is 2.35. The van der Waals surface area contributed by atoms with E-state index >= 15 is 0 Å². The molecule has 0 spiro atoms. The molecular weight excluding hydrogens is 260 g/mol. The molecule has 0 unspecified atom stereocenters. The summed E-state index contributed by atoms with van der Waals surface area (Å²) >= 11 is 0. The van der Waals surface area contributed by atoms with Crippen molar-refractivity contribution in [3.63, 3.8) is 0 Å². The van der Waals surface area contributed by atoms with Gasteiger partial charge in [0.05, 0.1) is 11.4 Å². The Morgan fingerprint density at radius 2 is 2.16 bits per heavy atom. The Kier molecular flexibility index (Phi) is 3.83. The maximum Gasteiger partial charge on any atom is 0.244 e. The number of hydrogen-bond acceptors (Lipinski definition) is 3. The van der Waals surface area contributed by atoms with Crippen molar-refractivity contribution in [2.24, 2.45) is 5.92 Å². The molecule has 5 heteroatoms. The van der Waals surface area contributed by atoms with Crippen LogP contribution in [0, 0.1) is 25.2 Å². The molecular formula is C14H18N2O2S. The van der Waals surface area contributed by atoms with Gasteiger partial charge in [0.25, 0.3) is 0 Å². The Morgan fingerprint density at radius 3 is 2.68 bits per heavy atom. The second kappa shape index (κ2) is 5.24. The van der Waals surface area contributed by atoms with Crippen LogP contribution in [0.3, 0.4) is 0 Å². The van der Waals surface area contributed by atoms with Crippen molar-refractivity contribution in [2.45, 2.75) is 24.7 Å². The first kappa shape index (κ1) is 13.9. The molecule has 19 heavy (non-hydrogen) atoms. The molecule has 0 aromatic heterocycles. The number of aryl methyl sites for hydroxylation is 1. The Labute approximate surface area is 114 Å². The molecule has 1 aliphatic carbocycles. The monoisotopic (exact) mass is 278 g/mol. The van der Waals surface area contributed by atoms with Crippen molar-refractivity contribution in [1.82, 2.24) is 4.31 Å². The van der Waals surface area contributed by atoms with E-state index in [2.05, 4.69) is 5.92 Å². The maximum atomic E-state index is 12.6. The van der Waals surface area contributed by atoms with Gasteiger partial charge in [0, 0.05) is 12.2 Å². The Morgan fingerprint density at radius 1 is 1.47 bits per heavy atom. The van der Waals surface area contributed by atoms with Crippen molar-refractivity contribution >= 4 is 15.7 Å². The summed E-state index contributed by atoms with van der Waals surface area (Å²) in [5.74, 6) is 2.89. The number of nitrogens with zero attached hydrogens (tertiary/aromatic N) is 1. The molecule has 0 heterocycles. The van der Waals surface area contributed by atoms with Gasteiger partial charge in [-0.3, -0.25) is 0 Å². The number of hydrogen-bond donors (Lipinski definition) is 1. The van der Waals surface area contributed by atoms with Crippen LogP contribution in [0.4, 0.5) is 5.69 Å². The second-order valence-corrected chi connectivity index (χ2v) is 6.88. The second-order valence-electron chi connectivity index (χ2n) is 4.97. The van der Waals surface area contributed by atoms with Crippen LogP contribution < -0.4 is 5.73 Å². The van der Waals surface area contributed by atoms with Gasteiger partial charge in [-0.25, -0.2) is 8.42 Å². The average molecular weight is 278 g/mol. The summed E-state index contributed by atoms with van der Waals surface area (Å²) in [6, 6.07) is 4.82. The molecule has 1 aliphatic rings. The quantitative estimate of drug-likeness (QED) is 0.657. The van der Waals surface area contributed by atoms with Gasteiger partial charge in [-0.05, 0) is 49.4 Å². The van der Waals surface area contributed by atoms with E-state index in [0.29, 0.717) is 23.7 Å². The SMILES string of the molecule is C#CCN(CC1CC1)S(=O)(=O)c1ccc(N)cc1C. The number of rotatable bonds is 5. The van der Waals surface area contributed by atoms with Crippen LogP contribution in [0.2, 0.25) is 0 Å². The van der Waals surface area contributed by atoms with Crippen LogP contribution >= 0.6 is 0 Å². The number of nitrogen functional groups attached to an aromatic ring is 1. The molecule has 0 bridgehead atoms. The summed E-state index contributed by atoms with van der Waals surface area (Å²) in [6.45, 7) is 2.37. The Bertz CT molecular complexity index is 613. The summed E-state index contributed by atoms with van der Waals surface area (Å²) in [5, 5.41) is 0. The lowest BCUT2D eigenvalue weighted by molar-refractivity contribution is 0.430. The highest BCUT2D eigenvalue weighted by Gasteiger charge is 2.31. The third-order valence-corrected chi connectivity index (χ3v) is 5.22. The lowest BCUT2D eigenvalue weighted by Gasteiger charge is -2.21. The lowest BCUT2D eigenvalue weighted by Crippen LogP contribution is -2.33. The van der Waals surface area contributed by atoms with Crippen molar-refractivity contribution in [3.05, 3.63) is 23.8 Å². The third kappa shape index (κ3) is 3.09. The normalized spacial score (nSPS) is 15.4. The highest BCUT2D eigenvalue weighted by molar-refractivity contribution is 7.89. The zero-order valence-electron chi connectivity index (χ0n) is 11.0. The van der Waals surface area contributed by atoms with Crippen LogP contribution in [-0.4, -0.2) is 25.8 Å². The van der Waals surface area contributed by atoms with Crippen LogP contribution in [0.25, 0.3) is 0 Å². The van der Waals surface area contributed by atoms with E-state index < -0.39 is 10.0 Å². The first-order chi connectivity index (χ1) is 8.95. The molecule has 2 N–H and O–H groups in total. The minimum atomic E-state index is -3.53. The van der Waals surface area contributed by atoms with Crippen molar-refractivity contribution in [3.8, 4) is 12.3 Å². The molecule has 102 valence electrons. The fourth-order valence-corrected chi connectivity index (χ4v) is 3.67. The molecule has 1 fully saturated rings. The summed E-state index contributed by atoms with van der Waals surface area (Å²) in [4.78, 5) is 0.289. The first-order valence-electron chi connectivity index (χ1n) is 6.25. The van der Waals surface area contributed by atoms with Crippen LogP contribution in [0.15, 0.2) is 23.1 Å². The van der Waals surface area contributed by atoms with Gasteiger partial charge in [-0.1, -0.05) is 5.92 Å². The van der Waals surface area contributed by atoms with Gasteiger partial charge < -0.3 is 5.73 Å². The van der Waals surface area contributed by atoms with E-state index in [1.807, 2.05) is 0 Å². The number of benzene rings is 1. The molecule has 0 radical (unpaired) electrons. The predicted octanol–water partition coefficient (Wildman–Crippen LogP) is 1.61. The smallest absolute Gasteiger partial charge is 0.244 e. The predicted molar refractivity (Wildman–Crippen MR) is 75.9 cm³/mol. The standard InChI is InChI=1S/C14H18N2O2S/c1-3-8-16(10-12-4-5-12)19(17,18)14-7-6-13(15)9-11(14)2/h1,6-7,9,12H,4-5,8,10,15H2,2H3. The fraction of sp³-hybridized carbons (Fsp3) is 0.429. The van der Waals surface area contributed by atoms with E-state index in [-0.39, 0.29) is 11.4 Å². The number of terminal acetylenes is 1. The zero-order chi connectivity index (χ0) is 14.0. The van der Waals surface area contributed by atoms with Crippen molar-refractivity contribution in [1.29, 1.82) is 0 Å². The van der Waals surface area contributed by atoms with Crippen molar-refractivity contribution in [2.75, 3.05) is 18.8 Å². The molecule has 1 aromatic rings. The van der Waals surface area contributed by atoms with Crippen LogP contribution in [0.5, 0.6) is 0 Å². The van der Waals surface area contributed by atoms with Crippen LogP contribution in [0.1, 0.15) is 18.4 Å². The van der Waals surface area contributed by atoms with Gasteiger partial charge in [0.15, 0.2) is 0 Å². The first-order valence-corrected chi connectivity index (χ1v) is 7.69. The van der Waals surface area contributed by atoms with E-state index in [1.54, 1.807) is 25.1 Å². The summed E-state index contributed by atoms with van der Waals surface area (Å²) in [7, 11) is -3.53. The summed E-state index contributed by atoms with van der Waals surface area (Å²) < 4.78 is 26.6. The average Bonchev–Trinajstić information content (AvgIpc) is 3.11. The van der Waals surface area contributed by atoms with Gasteiger partial charge in [0.2, 0.25) is 10.0 Å². The topological polar surface area (TPSA) is 63.4 Å². The third-order valence-electron chi connectivity index (χ3n) is 3.24. The summed E-state index contributed by atoms with van der Waals surface area (Å²) in [6.07, 6.45) is 7.45. The minimum Gasteiger partial charge on any atom is -0.399 e. The summed E-state index contributed by atoms with van der Waals surface area (Å²) in [5.41, 5.74) is 6.86.